The first-order chi connectivity index (χ1) is 13.4. The number of carbonyl (C=O) groups excluding carboxylic acids is 3. The summed E-state index contributed by atoms with van der Waals surface area (Å²) in [5.74, 6) is -6.57. The second-order valence-electron chi connectivity index (χ2n) is 5.85. The molecule has 146 valence electrons. The molecule has 0 saturated carbocycles. The minimum atomic E-state index is -4.00. The van der Waals surface area contributed by atoms with Crippen LogP contribution in [0.25, 0.3) is 0 Å². The Morgan fingerprint density at radius 2 is 1.64 bits per heavy atom. The predicted octanol–water partition coefficient (Wildman–Crippen LogP) is 1.67. The maximum absolute atomic E-state index is 14.1. The van der Waals surface area contributed by atoms with Crippen molar-refractivity contribution in [1.29, 1.82) is 0 Å². The van der Waals surface area contributed by atoms with E-state index >= 15 is 0 Å². The van der Waals surface area contributed by atoms with E-state index in [2.05, 4.69) is 4.74 Å². The number of hydrogen-bond acceptors (Lipinski definition) is 6. The number of cyclic esters (lactones) is 1. The van der Waals surface area contributed by atoms with Crippen LogP contribution in [0.15, 0.2) is 60.7 Å². The topological polar surface area (TPSA) is 78.9 Å². The molecule has 0 aromatic heterocycles. The molecule has 0 spiro atoms. The van der Waals surface area contributed by atoms with Gasteiger partial charge in [-0.1, -0.05) is 0 Å². The Kier molecular flexibility index (Phi) is 6.34. The molecule has 1 aliphatic rings. The normalized spacial score (nSPS) is 20.3. The van der Waals surface area contributed by atoms with Gasteiger partial charge in [-0.25, -0.2) is 0 Å². The van der Waals surface area contributed by atoms with Crippen molar-refractivity contribution < 1.29 is 37.4 Å². The summed E-state index contributed by atoms with van der Waals surface area (Å²) in [7, 11) is 0. The van der Waals surface area contributed by atoms with Crippen LogP contribution in [0.2, 0.25) is 0 Å². The van der Waals surface area contributed by atoms with Gasteiger partial charge in [0.15, 0.2) is 0 Å². The van der Waals surface area contributed by atoms with Crippen LogP contribution < -0.4 is 3.27 Å². The van der Waals surface area contributed by atoms with Crippen molar-refractivity contribution in [2.45, 2.75) is 18.1 Å². The van der Waals surface area contributed by atoms with E-state index < -0.39 is 63.6 Å². The van der Waals surface area contributed by atoms with Gasteiger partial charge in [0, 0.05) is 0 Å². The third-order valence-electron chi connectivity index (χ3n) is 3.87. The molecule has 28 heavy (non-hydrogen) atoms. The molecule has 1 heterocycles. The molecule has 0 radical (unpaired) electrons. The van der Waals surface area contributed by atoms with Crippen molar-refractivity contribution in [3.05, 3.63) is 66.2 Å². The SMILES string of the molecule is O=[C](OC1[C@@H](COC(=O)c2ccccc2)OC(=O)C1(F)F)[BiH][c]1ccccc1. The zero-order valence-corrected chi connectivity index (χ0v) is 18.2. The number of carbonyl (C=O) groups is 3. The number of alkyl halides is 2. The number of halogens is 2. The zero-order valence-electron chi connectivity index (χ0n) is 14.3. The molecule has 2 aromatic carbocycles. The standard InChI is InChI=1S/C13H9F2O6.C6H5.Bi.H/c14-13(15)10(20-7-16)9(21-12(13)18)6-19-11(17)8-4-2-1-3-5-8;1-2-4-6-5-3-1;;/h1-5,9-10H,6H2;1-5H;;/t9-,10?;;;/m1.../s1. The predicted molar refractivity (Wildman–Crippen MR) is 95.0 cm³/mol. The summed E-state index contributed by atoms with van der Waals surface area (Å²) < 4.78 is 42.7. The fourth-order valence-corrected chi connectivity index (χ4v) is 5.53. The van der Waals surface area contributed by atoms with E-state index in [-0.39, 0.29) is 5.56 Å². The van der Waals surface area contributed by atoms with Crippen molar-refractivity contribution in [2.75, 3.05) is 6.61 Å². The first-order valence-electron chi connectivity index (χ1n) is 8.21. The van der Waals surface area contributed by atoms with Crippen LogP contribution in [0, 0.1) is 0 Å². The van der Waals surface area contributed by atoms with E-state index in [9.17, 15) is 23.2 Å². The molecule has 1 saturated heterocycles. The quantitative estimate of drug-likeness (QED) is 0.292. The van der Waals surface area contributed by atoms with Crippen molar-refractivity contribution in [2.24, 2.45) is 0 Å². The Morgan fingerprint density at radius 1 is 1.04 bits per heavy atom. The Hall–Kier alpha value is -2.41. The van der Waals surface area contributed by atoms with Crippen LogP contribution in [0.5, 0.6) is 0 Å². The molecular formula is C19H15BiF2O6. The molecule has 1 aliphatic heterocycles. The van der Waals surface area contributed by atoms with E-state index in [1.165, 1.54) is 12.1 Å². The Labute approximate surface area is 170 Å². The van der Waals surface area contributed by atoms with Crippen molar-refractivity contribution in [3.8, 4) is 0 Å². The molecule has 1 unspecified atom stereocenters. The van der Waals surface area contributed by atoms with E-state index in [1.807, 2.05) is 0 Å². The van der Waals surface area contributed by atoms with Crippen LogP contribution in [0.3, 0.4) is 0 Å². The molecule has 0 aliphatic carbocycles. The monoisotopic (exact) mass is 586 g/mol. The molecule has 0 N–H and O–H groups in total. The molecule has 0 amide bonds. The van der Waals surface area contributed by atoms with E-state index in [0.29, 0.717) is 0 Å². The first-order valence-corrected chi connectivity index (χ1v) is 12.1. The van der Waals surface area contributed by atoms with Crippen molar-refractivity contribution in [3.63, 3.8) is 0 Å². The number of rotatable bonds is 6. The number of esters is 2. The van der Waals surface area contributed by atoms with Gasteiger partial charge in [0.1, 0.15) is 0 Å². The summed E-state index contributed by atoms with van der Waals surface area (Å²) in [4.78, 5) is 35.6. The second-order valence-corrected chi connectivity index (χ2v) is 10.7. The molecule has 3 rings (SSSR count). The Bertz CT molecular complexity index is 859. The van der Waals surface area contributed by atoms with Crippen LogP contribution in [0.4, 0.5) is 13.6 Å². The summed E-state index contributed by atoms with van der Waals surface area (Å²) >= 11 is -2.21. The maximum atomic E-state index is 14.1. The molecule has 2 atom stereocenters. The van der Waals surface area contributed by atoms with Gasteiger partial charge in [0.05, 0.1) is 0 Å². The fourth-order valence-electron chi connectivity index (χ4n) is 2.50. The fraction of sp³-hybridized carbons (Fsp3) is 0.211. The summed E-state index contributed by atoms with van der Waals surface area (Å²) in [6.45, 7) is -0.647. The summed E-state index contributed by atoms with van der Waals surface area (Å²) in [6, 6.07) is 16.6. The first kappa shape index (κ1) is 20.3. The van der Waals surface area contributed by atoms with E-state index in [4.69, 9.17) is 9.47 Å². The van der Waals surface area contributed by atoms with E-state index in [1.54, 1.807) is 48.5 Å². The van der Waals surface area contributed by atoms with Gasteiger partial charge in [-0.3, -0.25) is 0 Å². The van der Waals surface area contributed by atoms with Gasteiger partial charge in [0.2, 0.25) is 0 Å². The number of benzene rings is 2. The Balaban J connectivity index is 1.65. The molecule has 2 aromatic rings. The molecule has 9 heteroatoms. The van der Waals surface area contributed by atoms with Gasteiger partial charge >= 0.3 is 170 Å². The van der Waals surface area contributed by atoms with Crippen LogP contribution in [-0.4, -0.2) is 63.6 Å². The third-order valence-corrected chi connectivity index (χ3v) is 7.54. The van der Waals surface area contributed by atoms with Crippen molar-refractivity contribution >= 4 is 42.1 Å². The van der Waals surface area contributed by atoms with Crippen LogP contribution in [0.1, 0.15) is 10.4 Å². The van der Waals surface area contributed by atoms with Gasteiger partial charge in [-0.2, -0.15) is 0 Å². The zero-order chi connectivity index (χ0) is 20.1. The summed E-state index contributed by atoms with van der Waals surface area (Å²) in [5.41, 5.74) is 0.214. The third kappa shape index (κ3) is 4.70. The average molecular weight is 586 g/mol. The molecule has 6 nitrogen and oxygen atoms in total. The van der Waals surface area contributed by atoms with Crippen molar-refractivity contribution in [1.82, 2.24) is 0 Å². The average Bonchev–Trinajstić information content (AvgIpc) is 2.90. The Morgan fingerprint density at radius 3 is 2.29 bits per heavy atom. The van der Waals surface area contributed by atoms with Crippen LogP contribution >= 0.6 is 0 Å². The van der Waals surface area contributed by atoms with E-state index in [0.717, 1.165) is 3.27 Å². The molecular weight excluding hydrogens is 571 g/mol. The molecule has 1 fully saturated rings. The number of ether oxygens (including phenoxy) is 3. The van der Waals surface area contributed by atoms with Crippen LogP contribution in [-0.2, 0) is 19.0 Å². The van der Waals surface area contributed by atoms with Gasteiger partial charge in [-0.05, 0) is 0 Å². The second kappa shape index (κ2) is 8.73. The minimum absolute atomic E-state index is 0.214. The summed E-state index contributed by atoms with van der Waals surface area (Å²) in [6.07, 6.45) is -3.70. The number of hydrogen-bond donors (Lipinski definition) is 0. The molecule has 0 bridgehead atoms. The van der Waals surface area contributed by atoms with Gasteiger partial charge < -0.3 is 0 Å². The van der Waals surface area contributed by atoms with Gasteiger partial charge in [0.25, 0.3) is 0 Å². The van der Waals surface area contributed by atoms with Gasteiger partial charge in [-0.15, -0.1) is 0 Å². The summed E-state index contributed by atoms with van der Waals surface area (Å²) in [5, 5.41) is 0.